The first-order valence-electron chi connectivity index (χ1n) is 10.7. The van der Waals surface area contributed by atoms with Crippen LogP contribution < -0.4 is 5.32 Å². The average Bonchev–Trinajstić information content (AvgIpc) is 3.43. The number of halogens is 1. The van der Waals surface area contributed by atoms with Gasteiger partial charge in [0.25, 0.3) is 0 Å². The number of benzene rings is 2. The maximum Gasteiger partial charge on any atom is 0.224 e. The van der Waals surface area contributed by atoms with Crippen molar-refractivity contribution >= 4 is 5.91 Å². The molecule has 0 saturated heterocycles. The molecule has 2 fully saturated rings. The fourth-order valence-electron chi connectivity index (χ4n) is 5.02. The van der Waals surface area contributed by atoms with Gasteiger partial charge in [-0.25, -0.2) is 4.39 Å². The Morgan fingerprint density at radius 1 is 1.03 bits per heavy atom. The molecule has 1 N–H and O–H groups in total. The topological polar surface area (TPSA) is 55.1 Å². The second kappa shape index (κ2) is 7.71. The van der Waals surface area contributed by atoms with E-state index in [9.17, 15) is 9.18 Å². The molecule has 5 heteroatoms. The van der Waals surface area contributed by atoms with Gasteiger partial charge in [0.15, 0.2) is 5.76 Å². The smallest absolute Gasteiger partial charge is 0.224 e. The summed E-state index contributed by atoms with van der Waals surface area (Å²) in [6.45, 7) is 0. The number of aromatic nitrogens is 1. The van der Waals surface area contributed by atoms with E-state index in [-0.39, 0.29) is 17.7 Å². The summed E-state index contributed by atoms with van der Waals surface area (Å²) >= 11 is 0. The Kier molecular flexibility index (Phi) is 4.89. The zero-order valence-electron chi connectivity index (χ0n) is 16.8. The van der Waals surface area contributed by atoms with Crippen LogP contribution in [0.15, 0.2) is 71.3 Å². The van der Waals surface area contributed by atoms with E-state index >= 15 is 0 Å². The molecule has 3 aromatic rings. The monoisotopic (exact) mass is 404 g/mol. The van der Waals surface area contributed by atoms with Crippen LogP contribution in [-0.4, -0.2) is 17.2 Å². The maximum absolute atomic E-state index is 13.9. The van der Waals surface area contributed by atoms with Crippen molar-refractivity contribution in [3.05, 3.63) is 78.0 Å². The molecular weight excluding hydrogens is 379 g/mol. The third kappa shape index (κ3) is 3.42. The van der Waals surface area contributed by atoms with Crippen molar-refractivity contribution in [2.75, 3.05) is 0 Å². The molecule has 4 nitrogen and oxygen atoms in total. The molecular formula is C25H25FN2O2. The lowest BCUT2D eigenvalue weighted by atomic mass is 9.70. The third-order valence-corrected chi connectivity index (χ3v) is 6.65. The summed E-state index contributed by atoms with van der Waals surface area (Å²) in [7, 11) is 0. The summed E-state index contributed by atoms with van der Waals surface area (Å²) in [4.78, 5) is 13.3. The van der Waals surface area contributed by atoms with Gasteiger partial charge < -0.3 is 9.84 Å². The Balaban J connectivity index is 1.35. The minimum Gasteiger partial charge on any atom is -0.356 e. The van der Waals surface area contributed by atoms with Gasteiger partial charge in [0.1, 0.15) is 6.17 Å². The molecule has 0 unspecified atom stereocenters. The largest absolute Gasteiger partial charge is 0.356 e. The number of amides is 1. The van der Waals surface area contributed by atoms with E-state index in [4.69, 9.17) is 4.52 Å². The second-order valence-corrected chi connectivity index (χ2v) is 8.57. The van der Waals surface area contributed by atoms with Crippen molar-refractivity contribution in [2.24, 2.45) is 5.92 Å². The van der Waals surface area contributed by atoms with E-state index in [1.165, 1.54) is 0 Å². The molecule has 0 aliphatic heterocycles. The quantitative estimate of drug-likeness (QED) is 0.622. The molecule has 1 heterocycles. The van der Waals surface area contributed by atoms with Crippen LogP contribution in [0, 0.1) is 5.92 Å². The number of hydrogen-bond acceptors (Lipinski definition) is 3. The molecule has 0 bridgehead atoms. The summed E-state index contributed by atoms with van der Waals surface area (Å²) < 4.78 is 19.4. The molecule has 0 radical (unpaired) electrons. The van der Waals surface area contributed by atoms with Crippen LogP contribution in [0.5, 0.6) is 0 Å². The van der Waals surface area contributed by atoms with Crippen LogP contribution in [0.4, 0.5) is 4.39 Å². The van der Waals surface area contributed by atoms with Gasteiger partial charge in [-0.15, -0.1) is 0 Å². The summed E-state index contributed by atoms with van der Waals surface area (Å²) in [6, 6.07) is 21.6. The van der Waals surface area contributed by atoms with E-state index < -0.39 is 11.7 Å². The lowest BCUT2D eigenvalue weighted by Gasteiger charge is -2.46. The molecule has 2 saturated carbocycles. The van der Waals surface area contributed by atoms with E-state index in [0.29, 0.717) is 12.8 Å². The van der Waals surface area contributed by atoms with E-state index in [1.54, 1.807) is 0 Å². The van der Waals surface area contributed by atoms with Crippen LogP contribution in [0.2, 0.25) is 0 Å². The summed E-state index contributed by atoms with van der Waals surface area (Å²) in [5, 5.41) is 7.51. The summed E-state index contributed by atoms with van der Waals surface area (Å²) in [5.41, 5.74) is 2.19. The first-order valence-corrected chi connectivity index (χ1v) is 10.7. The minimum atomic E-state index is -0.867. The average molecular weight is 404 g/mol. The number of rotatable bonds is 5. The standard InChI is InChI=1S/C25H25FN2O2/c26-19-15-25(16-19,18-10-5-2-6-11-18)27-24(29)21-13-7-12-20(21)22-14-23(30-28-22)17-8-3-1-4-9-17/h1-6,8-11,14,19-21H,7,12-13,15-16H2,(H,27,29)/t19?,20-,21-,25?/m1/s1. The molecule has 0 spiro atoms. The van der Waals surface area contributed by atoms with E-state index in [0.717, 1.165) is 41.8 Å². The number of carbonyl (C=O) groups is 1. The Morgan fingerprint density at radius 3 is 2.43 bits per heavy atom. The van der Waals surface area contributed by atoms with Crippen LogP contribution >= 0.6 is 0 Å². The number of alkyl halides is 1. The molecule has 2 aliphatic carbocycles. The molecule has 1 aromatic heterocycles. The van der Waals surface area contributed by atoms with Crippen molar-refractivity contribution < 1.29 is 13.7 Å². The van der Waals surface area contributed by atoms with Gasteiger partial charge in [-0.3, -0.25) is 4.79 Å². The molecule has 5 rings (SSSR count). The molecule has 2 atom stereocenters. The highest BCUT2D eigenvalue weighted by Crippen LogP contribution is 2.45. The number of nitrogens with one attached hydrogen (secondary N) is 1. The van der Waals surface area contributed by atoms with Crippen molar-refractivity contribution in [2.45, 2.75) is 49.7 Å². The lowest BCUT2D eigenvalue weighted by Crippen LogP contribution is -2.57. The van der Waals surface area contributed by atoms with E-state index in [2.05, 4.69) is 10.5 Å². The van der Waals surface area contributed by atoms with Crippen LogP contribution in [0.3, 0.4) is 0 Å². The molecule has 154 valence electrons. The molecule has 30 heavy (non-hydrogen) atoms. The van der Waals surface area contributed by atoms with Crippen molar-refractivity contribution in [1.29, 1.82) is 0 Å². The molecule has 2 aliphatic rings. The molecule has 2 aromatic carbocycles. The highest BCUT2D eigenvalue weighted by molar-refractivity contribution is 5.81. The van der Waals surface area contributed by atoms with Crippen molar-refractivity contribution in [1.82, 2.24) is 10.5 Å². The van der Waals surface area contributed by atoms with Gasteiger partial charge in [-0.2, -0.15) is 0 Å². The van der Waals surface area contributed by atoms with Crippen LogP contribution in [0.25, 0.3) is 11.3 Å². The maximum atomic E-state index is 13.9. The molecule has 1 amide bonds. The Bertz CT molecular complexity index is 1010. The summed E-state index contributed by atoms with van der Waals surface area (Å²) in [6.07, 6.45) is 2.50. The van der Waals surface area contributed by atoms with Gasteiger partial charge in [0.2, 0.25) is 5.91 Å². The van der Waals surface area contributed by atoms with Gasteiger partial charge in [0, 0.05) is 36.3 Å². The zero-order valence-corrected chi connectivity index (χ0v) is 16.8. The predicted molar refractivity (Wildman–Crippen MR) is 112 cm³/mol. The van der Waals surface area contributed by atoms with Crippen molar-refractivity contribution in [3.8, 4) is 11.3 Å². The fourth-order valence-corrected chi connectivity index (χ4v) is 5.02. The fraction of sp³-hybridized carbons (Fsp3) is 0.360. The second-order valence-electron chi connectivity index (χ2n) is 8.57. The van der Waals surface area contributed by atoms with Gasteiger partial charge >= 0.3 is 0 Å². The minimum absolute atomic E-state index is 0.00230. The summed E-state index contributed by atoms with van der Waals surface area (Å²) in [5.74, 6) is 0.576. The van der Waals surface area contributed by atoms with Gasteiger partial charge in [0.05, 0.1) is 11.2 Å². The van der Waals surface area contributed by atoms with E-state index in [1.807, 2.05) is 66.7 Å². The van der Waals surface area contributed by atoms with Crippen LogP contribution in [-0.2, 0) is 10.3 Å². The van der Waals surface area contributed by atoms with Gasteiger partial charge in [-0.1, -0.05) is 72.2 Å². The first-order chi connectivity index (χ1) is 14.6. The number of carbonyl (C=O) groups excluding carboxylic acids is 1. The number of nitrogens with zero attached hydrogens (tertiary/aromatic N) is 1. The highest BCUT2D eigenvalue weighted by atomic mass is 19.1. The SMILES string of the molecule is O=C(NC1(c2ccccc2)CC(F)C1)[C@@H]1CCC[C@H]1c1cc(-c2ccccc2)on1. The predicted octanol–water partition coefficient (Wildman–Crippen LogP) is 5.37. The zero-order chi connectivity index (χ0) is 20.6. The van der Waals surface area contributed by atoms with Crippen LogP contribution in [0.1, 0.15) is 49.3 Å². The Labute approximate surface area is 175 Å². The lowest BCUT2D eigenvalue weighted by molar-refractivity contribution is -0.129. The van der Waals surface area contributed by atoms with Crippen molar-refractivity contribution in [3.63, 3.8) is 0 Å². The normalized spacial score (nSPS) is 28.1. The van der Waals surface area contributed by atoms with Gasteiger partial charge in [-0.05, 0) is 18.4 Å². The Morgan fingerprint density at radius 2 is 1.73 bits per heavy atom. The highest BCUT2D eigenvalue weighted by Gasteiger charge is 2.49. The first kappa shape index (κ1) is 19.0. The number of hydrogen-bond donors (Lipinski definition) is 1. The Hall–Kier alpha value is -2.95. The third-order valence-electron chi connectivity index (χ3n) is 6.65.